The number of amides is 1. The zero-order valence-electron chi connectivity index (χ0n) is 17.0. The van der Waals surface area contributed by atoms with Crippen LogP contribution in [-0.4, -0.2) is 53.8 Å². The molecule has 0 spiro atoms. The number of carbonyl (C=O) groups is 1. The first kappa shape index (κ1) is 23.1. The van der Waals surface area contributed by atoms with Gasteiger partial charge in [-0.05, 0) is 48.2 Å². The van der Waals surface area contributed by atoms with Gasteiger partial charge in [0, 0.05) is 43.0 Å². The fourth-order valence-corrected chi connectivity index (χ4v) is 4.43. The first-order chi connectivity index (χ1) is 15.6. The number of aromatic nitrogens is 2. The van der Waals surface area contributed by atoms with Crippen molar-refractivity contribution < 1.29 is 30.8 Å². The largest absolute Gasteiger partial charge is 0.511 e. The summed E-state index contributed by atoms with van der Waals surface area (Å²) >= 11 is 0. The minimum Gasteiger partial charge on any atom is -0.334 e. The summed E-state index contributed by atoms with van der Waals surface area (Å²) in [6.07, 6.45) is 3.64. The average molecular weight is 482 g/mol. The van der Waals surface area contributed by atoms with Gasteiger partial charge in [0.05, 0.1) is 11.1 Å². The van der Waals surface area contributed by atoms with E-state index in [1.165, 1.54) is 29.4 Å². The molecular weight excluding hydrogens is 464 g/mol. The Morgan fingerprint density at radius 2 is 1.82 bits per heavy atom. The van der Waals surface area contributed by atoms with Crippen LogP contribution in [0.15, 0.2) is 48.8 Å². The molecule has 1 unspecified atom stereocenters. The number of pyridine rings is 2. The molecule has 12 heteroatoms. The number of fused-ring (bicyclic) bond motifs is 1. The molecule has 7 nitrogen and oxygen atoms in total. The van der Waals surface area contributed by atoms with E-state index in [9.17, 15) is 30.8 Å². The molecule has 1 amide bonds. The average Bonchev–Trinajstić information content (AvgIpc) is 3.24. The molecule has 1 N–H and O–H groups in total. The summed E-state index contributed by atoms with van der Waals surface area (Å²) < 4.78 is 75.7. The predicted octanol–water partition coefficient (Wildman–Crippen LogP) is 3.48. The molecule has 3 heterocycles. The van der Waals surface area contributed by atoms with Crippen molar-refractivity contribution in [3.63, 3.8) is 0 Å². The number of alkyl halides is 3. The third-order valence-corrected chi connectivity index (χ3v) is 6.64. The molecular formula is C21H18F4N4O3S. The molecule has 1 fully saturated rings. The van der Waals surface area contributed by atoms with Crippen molar-refractivity contribution in [2.24, 2.45) is 0 Å². The number of nitrogens with zero attached hydrogens (tertiary/aromatic N) is 3. The topological polar surface area (TPSA) is 92.3 Å². The van der Waals surface area contributed by atoms with Crippen LogP contribution >= 0.6 is 0 Å². The summed E-state index contributed by atoms with van der Waals surface area (Å²) in [4.78, 5) is 22.5. The first-order valence-corrected chi connectivity index (χ1v) is 11.4. The van der Waals surface area contributed by atoms with Crippen LogP contribution < -0.4 is 4.72 Å². The van der Waals surface area contributed by atoms with Crippen LogP contribution in [0.2, 0.25) is 0 Å². The molecule has 1 saturated heterocycles. The highest BCUT2D eigenvalue weighted by molar-refractivity contribution is 7.90. The van der Waals surface area contributed by atoms with E-state index in [0.29, 0.717) is 34.9 Å². The van der Waals surface area contributed by atoms with Crippen molar-refractivity contribution in [1.29, 1.82) is 0 Å². The summed E-state index contributed by atoms with van der Waals surface area (Å²) in [5.74, 6) is -1.11. The van der Waals surface area contributed by atoms with Gasteiger partial charge in [-0.3, -0.25) is 9.78 Å². The second-order valence-electron chi connectivity index (χ2n) is 7.55. The molecule has 1 aromatic carbocycles. The van der Waals surface area contributed by atoms with Crippen LogP contribution in [0.1, 0.15) is 23.2 Å². The van der Waals surface area contributed by atoms with Gasteiger partial charge < -0.3 is 4.90 Å². The van der Waals surface area contributed by atoms with Gasteiger partial charge in [0.2, 0.25) is 5.95 Å². The number of benzene rings is 1. The van der Waals surface area contributed by atoms with Gasteiger partial charge >= 0.3 is 15.5 Å². The van der Waals surface area contributed by atoms with Gasteiger partial charge in [0.1, 0.15) is 0 Å². The quantitative estimate of drug-likeness (QED) is 0.444. The highest BCUT2D eigenvalue weighted by atomic mass is 32.2. The monoisotopic (exact) mass is 482 g/mol. The zero-order valence-corrected chi connectivity index (χ0v) is 17.8. The molecule has 1 atom stereocenters. The van der Waals surface area contributed by atoms with Crippen molar-refractivity contribution in [2.75, 3.05) is 13.1 Å². The summed E-state index contributed by atoms with van der Waals surface area (Å²) in [5, 5.41) is 0.485. The molecule has 3 aromatic rings. The Morgan fingerprint density at radius 3 is 2.55 bits per heavy atom. The number of sulfonamides is 1. The van der Waals surface area contributed by atoms with E-state index in [4.69, 9.17) is 0 Å². The lowest BCUT2D eigenvalue weighted by Crippen LogP contribution is -2.46. The van der Waals surface area contributed by atoms with Crippen LogP contribution in [0.3, 0.4) is 0 Å². The van der Waals surface area contributed by atoms with Crippen molar-refractivity contribution in [1.82, 2.24) is 19.6 Å². The lowest BCUT2D eigenvalue weighted by atomic mass is 10.0. The Labute approximate surface area is 186 Å². The van der Waals surface area contributed by atoms with Gasteiger partial charge in [-0.2, -0.15) is 17.6 Å². The van der Waals surface area contributed by atoms with Crippen molar-refractivity contribution in [3.05, 3.63) is 60.3 Å². The molecule has 0 radical (unpaired) electrons. The van der Waals surface area contributed by atoms with Crippen LogP contribution in [0, 0.1) is 5.95 Å². The summed E-state index contributed by atoms with van der Waals surface area (Å²) in [6.45, 7) is -0.269. The van der Waals surface area contributed by atoms with E-state index < -0.39 is 40.0 Å². The number of carbonyl (C=O) groups excluding carboxylic acids is 1. The standard InChI is InChI=1S/C21H18F4N4O3S/c22-19-11-14(5-7-27-19)13-3-4-18-17(10-13)16(6-8-26-18)20(30)29-9-1-2-15(29)12-28-33(31,32)21(23,24)25/h3-8,10-11,15,28H,1-2,9,12H2. The molecule has 0 aliphatic carbocycles. The Morgan fingerprint density at radius 1 is 1.09 bits per heavy atom. The smallest absolute Gasteiger partial charge is 0.334 e. The van der Waals surface area contributed by atoms with Crippen LogP contribution in [0.25, 0.3) is 22.0 Å². The molecule has 4 rings (SSSR count). The van der Waals surface area contributed by atoms with Crippen LogP contribution in [0.5, 0.6) is 0 Å². The molecule has 1 aliphatic rings. The molecule has 33 heavy (non-hydrogen) atoms. The maximum atomic E-state index is 13.5. The maximum absolute atomic E-state index is 13.5. The lowest BCUT2D eigenvalue weighted by Gasteiger charge is -2.25. The Balaban J connectivity index is 1.64. The number of hydrogen-bond donors (Lipinski definition) is 1. The van der Waals surface area contributed by atoms with Gasteiger partial charge in [0.25, 0.3) is 5.91 Å². The van der Waals surface area contributed by atoms with E-state index in [1.54, 1.807) is 29.0 Å². The fraction of sp³-hybridized carbons (Fsp3) is 0.286. The minimum absolute atomic E-state index is 0.266. The van der Waals surface area contributed by atoms with Crippen molar-refractivity contribution in [3.8, 4) is 11.1 Å². The molecule has 2 aromatic heterocycles. The highest BCUT2D eigenvalue weighted by Crippen LogP contribution is 2.29. The van der Waals surface area contributed by atoms with E-state index in [-0.39, 0.29) is 12.1 Å². The first-order valence-electron chi connectivity index (χ1n) is 9.94. The Hall–Kier alpha value is -3.12. The normalized spacial score (nSPS) is 17.0. The Kier molecular flexibility index (Phi) is 6.06. The third kappa shape index (κ3) is 4.67. The third-order valence-electron chi connectivity index (χ3n) is 5.48. The SMILES string of the molecule is O=C(c1ccnc2ccc(-c3ccnc(F)c3)cc12)N1CCCC1CNS(=O)(=O)C(F)(F)F. The fourth-order valence-electron chi connectivity index (χ4n) is 3.85. The molecule has 0 saturated carbocycles. The summed E-state index contributed by atoms with van der Waals surface area (Å²) in [5.41, 5.74) is -3.48. The van der Waals surface area contributed by atoms with Gasteiger partial charge in [-0.15, -0.1) is 0 Å². The second-order valence-corrected chi connectivity index (χ2v) is 9.31. The number of rotatable bonds is 5. The van der Waals surface area contributed by atoms with Gasteiger partial charge in [-0.1, -0.05) is 6.07 Å². The lowest BCUT2D eigenvalue weighted by molar-refractivity contribution is -0.0448. The van der Waals surface area contributed by atoms with E-state index >= 15 is 0 Å². The molecule has 174 valence electrons. The maximum Gasteiger partial charge on any atom is 0.511 e. The van der Waals surface area contributed by atoms with E-state index in [1.807, 2.05) is 0 Å². The number of halogens is 4. The molecule has 1 aliphatic heterocycles. The summed E-state index contributed by atoms with van der Waals surface area (Å²) in [6, 6.07) is 8.73. The van der Waals surface area contributed by atoms with Crippen LogP contribution in [0.4, 0.5) is 17.6 Å². The zero-order chi connectivity index (χ0) is 23.8. The second kappa shape index (κ2) is 8.67. The van der Waals surface area contributed by atoms with Crippen molar-refractivity contribution in [2.45, 2.75) is 24.4 Å². The predicted molar refractivity (Wildman–Crippen MR) is 112 cm³/mol. The van der Waals surface area contributed by atoms with Gasteiger partial charge in [-0.25, -0.2) is 18.1 Å². The Bertz CT molecular complexity index is 1310. The molecule has 0 bridgehead atoms. The number of hydrogen-bond acceptors (Lipinski definition) is 5. The minimum atomic E-state index is -5.51. The summed E-state index contributed by atoms with van der Waals surface area (Å²) in [7, 11) is -5.51. The van der Waals surface area contributed by atoms with E-state index in [0.717, 1.165) is 0 Å². The number of nitrogens with one attached hydrogen (secondary N) is 1. The van der Waals surface area contributed by atoms with Crippen LogP contribution in [-0.2, 0) is 10.0 Å². The highest BCUT2D eigenvalue weighted by Gasteiger charge is 2.46. The van der Waals surface area contributed by atoms with Gasteiger partial charge in [0.15, 0.2) is 0 Å². The van der Waals surface area contributed by atoms with Crippen molar-refractivity contribution >= 4 is 26.8 Å². The number of likely N-dealkylation sites (tertiary alicyclic amines) is 1. The van der Waals surface area contributed by atoms with E-state index in [2.05, 4.69) is 9.97 Å².